The summed E-state index contributed by atoms with van der Waals surface area (Å²) in [4.78, 5) is 14.9. The van der Waals surface area contributed by atoms with Crippen molar-refractivity contribution in [3.8, 4) is 22.6 Å². The van der Waals surface area contributed by atoms with Crippen molar-refractivity contribution in [3.05, 3.63) is 54.6 Å². The first-order valence-electron chi connectivity index (χ1n) is 8.41. The normalized spacial score (nSPS) is 10.8. The van der Waals surface area contributed by atoms with Crippen LogP contribution < -0.4 is 11.2 Å². The first-order chi connectivity index (χ1) is 13.6. The van der Waals surface area contributed by atoms with E-state index in [0.717, 1.165) is 27.6 Å². The molecule has 8 nitrogen and oxygen atoms in total. The van der Waals surface area contributed by atoms with Crippen molar-refractivity contribution in [1.82, 2.24) is 15.2 Å². The van der Waals surface area contributed by atoms with Crippen LogP contribution in [0.25, 0.3) is 33.5 Å². The second-order valence-electron chi connectivity index (χ2n) is 6.21. The van der Waals surface area contributed by atoms with Gasteiger partial charge < -0.3 is 19.8 Å². The molecule has 0 aliphatic carbocycles. The number of fused-ring (bicyclic) bond motifs is 1. The first kappa shape index (κ1) is 17.7. The lowest BCUT2D eigenvalue weighted by molar-refractivity contribution is -0.121. The van der Waals surface area contributed by atoms with E-state index in [9.17, 15) is 9.82 Å². The maximum Gasteiger partial charge on any atom is 0.562 e. The molecular formula is C19H15BN4O4. The van der Waals surface area contributed by atoms with Gasteiger partial charge in [0.25, 0.3) is 6.47 Å². The Morgan fingerprint density at radius 1 is 1.25 bits per heavy atom. The molecular weight excluding hydrogens is 359 g/mol. The molecule has 4 rings (SSSR count). The van der Waals surface area contributed by atoms with Gasteiger partial charge >= 0.3 is 7.12 Å². The van der Waals surface area contributed by atoms with Gasteiger partial charge in [-0.1, -0.05) is 12.1 Å². The number of benzene rings is 2. The van der Waals surface area contributed by atoms with Crippen LogP contribution in [0.3, 0.4) is 0 Å². The van der Waals surface area contributed by atoms with Crippen LogP contribution in [0.1, 0.15) is 5.56 Å². The van der Waals surface area contributed by atoms with Gasteiger partial charge in [-0.05, 0) is 41.8 Å². The Hall–Kier alpha value is -3.72. The Labute approximate surface area is 160 Å². The Balaban J connectivity index is 1.95. The van der Waals surface area contributed by atoms with Crippen molar-refractivity contribution in [1.29, 1.82) is 0 Å². The van der Waals surface area contributed by atoms with E-state index in [1.165, 1.54) is 12.5 Å². The summed E-state index contributed by atoms with van der Waals surface area (Å²) in [5.74, 6) is 0.425. The number of rotatable bonds is 5. The monoisotopic (exact) mass is 374 g/mol. The van der Waals surface area contributed by atoms with E-state index in [4.69, 9.17) is 14.8 Å². The number of carbonyl (C=O) groups is 1. The summed E-state index contributed by atoms with van der Waals surface area (Å²) in [7, 11) is -1.38. The van der Waals surface area contributed by atoms with Gasteiger partial charge in [0, 0.05) is 16.4 Å². The van der Waals surface area contributed by atoms with E-state index in [1.807, 2.05) is 24.3 Å². The zero-order valence-corrected chi connectivity index (χ0v) is 14.9. The molecule has 0 aliphatic rings. The van der Waals surface area contributed by atoms with Crippen molar-refractivity contribution < 1.29 is 18.9 Å². The quantitative estimate of drug-likeness (QED) is 0.400. The Kier molecular flexibility index (Phi) is 4.50. The molecule has 9 heteroatoms. The van der Waals surface area contributed by atoms with Crippen LogP contribution in [0.15, 0.2) is 53.4 Å². The third-order valence-corrected chi connectivity index (χ3v) is 4.50. The number of oxazole rings is 1. The fourth-order valence-electron chi connectivity index (χ4n) is 3.14. The van der Waals surface area contributed by atoms with Crippen molar-refractivity contribution >= 4 is 35.6 Å². The standard InChI is InChI=1S/C19H15BN4O4/c1-11-6-15(19-22-4-5-27-19)14(8-16(11)20(26)28-10-25)12-2-3-13-17(21)9-23-24-18(13)7-12/h2-10,26H,1H3,(H2,21,24). The highest BCUT2D eigenvalue weighted by molar-refractivity contribution is 6.61. The topological polar surface area (TPSA) is 124 Å². The molecule has 0 radical (unpaired) electrons. The minimum atomic E-state index is -1.38. The summed E-state index contributed by atoms with van der Waals surface area (Å²) >= 11 is 0. The zero-order valence-electron chi connectivity index (χ0n) is 14.9. The number of nitrogen functional groups attached to an aromatic ring is 1. The van der Waals surface area contributed by atoms with Crippen LogP contribution in [0.4, 0.5) is 5.69 Å². The molecule has 0 unspecified atom stereocenters. The number of nitrogens with two attached hydrogens (primary N) is 1. The molecule has 0 atom stereocenters. The van der Waals surface area contributed by atoms with Crippen LogP contribution in [0.5, 0.6) is 0 Å². The smallest absolute Gasteiger partial charge is 0.508 e. The molecule has 28 heavy (non-hydrogen) atoms. The summed E-state index contributed by atoms with van der Waals surface area (Å²) in [6, 6.07) is 9.14. The summed E-state index contributed by atoms with van der Waals surface area (Å²) < 4.78 is 10.2. The van der Waals surface area contributed by atoms with Gasteiger partial charge in [-0.25, -0.2) is 4.98 Å². The van der Waals surface area contributed by atoms with Crippen LogP contribution >= 0.6 is 0 Å². The van der Waals surface area contributed by atoms with E-state index in [0.29, 0.717) is 22.6 Å². The van der Waals surface area contributed by atoms with Gasteiger partial charge in [-0.3, -0.25) is 4.79 Å². The lowest BCUT2D eigenvalue weighted by Gasteiger charge is -2.14. The van der Waals surface area contributed by atoms with Gasteiger partial charge in [0.15, 0.2) is 0 Å². The highest BCUT2D eigenvalue weighted by Gasteiger charge is 2.24. The second-order valence-corrected chi connectivity index (χ2v) is 6.21. The molecule has 2 aromatic carbocycles. The molecule has 0 bridgehead atoms. The van der Waals surface area contributed by atoms with E-state index in [-0.39, 0.29) is 6.47 Å². The maximum absolute atomic E-state index is 10.7. The first-order valence-corrected chi connectivity index (χ1v) is 8.41. The van der Waals surface area contributed by atoms with Crippen LogP contribution in [0, 0.1) is 6.92 Å². The molecule has 3 N–H and O–H groups in total. The van der Waals surface area contributed by atoms with Crippen LogP contribution in [-0.2, 0) is 9.45 Å². The number of hydrogen-bond donors (Lipinski definition) is 2. The Bertz CT molecular complexity index is 1160. The SMILES string of the molecule is Cc1cc(-c2ncco2)c(-c2ccc3c(N)cnnc3c2)cc1B(O)OC=O. The Morgan fingerprint density at radius 2 is 2.11 bits per heavy atom. The maximum atomic E-state index is 10.7. The molecule has 2 aromatic heterocycles. The predicted octanol–water partition coefficient (Wildman–Crippen LogP) is 1.70. The van der Waals surface area contributed by atoms with Gasteiger partial charge in [-0.15, -0.1) is 0 Å². The van der Waals surface area contributed by atoms with Crippen molar-refractivity contribution in [3.63, 3.8) is 0 Å². The van der Waals surface area contributed by atoms with Crippen molar-refractivity contribution in [2.45, 2.75) is 6.92 Å². The van der Waals surface area contributed by atoms with Gasteiger partial charge in [0.2, 0.25) is 5.89 Å². The molecule has 0 amide bonds. The molecule has 0 aliphatic heterocycles. The minimum Gasteiger partial charge on any atom is -0.508 e. The lowest BCUT2D eigenvalue weighted by Crippen LogP contribution is -2.35. The fraction of sp³-hybridized carbons (Fsp3) is 0.0526. The van der Waals surface area contributed by atoms with E-state index < -0.39 is 7.12 Å². The third kappa shape index (κ3) is 3.08. The van der Waals surface area contributed by atoms with E-state index >= 15 is 0 Å². The average Bonchev–Trinajstić information content (AvgIpc) is 3.22. The summed E-state index contributed by atoms with van der Waals surface area (Å²) in [5, 5.41) is 19.0. The highest BCUT2D eigenvalue weighted by Crippen LogP contribution is 2.33. The molecule has 4 aromatic rings. The molecule has 2 heterocycles. The molecule has 0 saturated carbocycles. The number of carbonyl (C=O) groups excluding carboxylic acids is 1. The predicted molar refractivity (Wildman–Crippen MR) is 104 cm³/mol. The average molecular weight is 374 g/mol. The Morgan fingerprint density at radius 3 is 2.86 bits per heavy atom. The number of hydrogen-bond acceptors (Lipinski definition) is 8. The zero-order chi connectivity index (χ0) is 19.7. The summed E-state index contributed by atoms with van der Waals surface area (Å²) in [5.41, 5.74) is 10.5. The van der Waals surface area contributed by atoms with E-state index in [1.54, 1.807) is 19.2 Å². The highest BCUT2D eigenvalue weighted by atomic mass is 16.5. The number of aryl methyl sites for hydroxylation is 1. The third-order valence-electron chi connectivity index (χ3n) is 4.50. The van der Waals surface area contributed by atoms with Gasteiger partial charge in [-0.2, -0.15) is 10.2 Å². The van der Waals surface area contributed by atoms with Gasteiger partial charge in [0.1, 0.15) is 6.26 Å². The second kappa shape index (κ2) is 7.13. The summed E-state index contributed by atoms with van der Waals surface area (Å²) in [6.45, 7) is 2.01. The van der Waals surface area contributed by atoms with Crippen LogP contribution in [0.2, 0.25) is 0 Å². The molecule has 138 valence electrons. The minimum absolute atomic E-state index is 0.208. The largest absolute Gasteiger partial charge is 0.562 e. The fourth-order valence-corrected chi connectivity index (χ4v) is 3.14. The van der Waals surface area contributed by atoms with Gasteiger partial charge in [0.05, 0.1) is 23.6 Å². The lowest BCUT2D eigenvalue weighted by atomic mass is 9.74. The summed E-state index contributed by atoms with van der Waals surface area (Å²) in [6.07, 6.45) is 4.54. The van der Waals surface area contributed by atoms with E-state index in [2.05, 4.69) is 15.2 Å². The molecule has 0 saturated heterocycles. The number of aromatic nitrogens is 3. The van der Waals surface area contributed by atoms with Crippen molar-refractivity contribution in [2.24, 2.45) is 0 Å². The number of anilines is 1. The number of nitrogens with zero attached hydrogens (tertiary/aromatic N) is 3. The van der Waals surface area contributed by atoms with Crippen LogP contribution in [-0.4, -0.2) is 33.8 Å². The molecule has 0 spiro atoms. The molecule has 0 fully saturated rings. The van der Waals surface area contributed by atoms with Crippen molar-refractivity contribution in [2.75, 3.05) is 5.73 Å².